The van der Waals surface area contributed by atoms with E-state index in [1.54, 1.807) is 30.3 Å². The fraction of sp³-hybridized carbons (Fsp3) is 0.263. The lowest BCUT2D eigenvalue weighted by molar-refractivity contribution is -0.115. The molecule has 160 valence electrons. The van der Waals surface area contributed by atoms with Gasteiger partial charge in [-0.2, -0.15) is 0 Å². The highest BCUT2D eigenvalue weighted by atomic mass is 35.5. The maximum absolute atomic E-state index is 12.8. The van der Waals surface area contributed by atoms with Crippen LogP contribution in [0.3, 0.4) is 0 Å². The Kier molecular flexibility index (Phi) is 6.68. The number of nitrogens with zero attached hydrogens (tertiary/aromatic N) is 1. The first-order chi connectivity index (χ1) is 14.2. The lowest BCUT2D eigenvalue weighted by Crippen LogP contribution is -2.36. The highest BCUT2D eigenvalue weighted by Gasteiger charge is 2.21. The maximum Gasteiger partial charge on any atom is 0.312 e. The van der Waals surface area contributed by atoms with Crippen molar-refractivity contribution in [3.63, 3.8) is 0 Å². The third kappa shape index (κ3) is 5.55. The Morgan fingerprint density at radius 1 is 1.07 bits per heavy atom. The Bertz CT molecular complexity index is 1040. The predicted molar refractivity (Wildman–Crippen MR) is 116 cm³/mol. The molecule has 0 bridgehead atoms. The molecule has 0 aliphatic carbocycles. The summed E-state index contributed by atoms with van der Waals surface area (Å²) in [4.78, 5) is 25.1. The van der Waals surface area contributed by atoms with E-state index in [0.29, 0.717) is 22.1 Å². The van der Waals surface area contributed by atoms with Gasteiger partial charge in [0.25, 0.3) is 10.0 Å². The second kappa shape index (κ2) is 9.23. The number of carbonyl (C=O) groups excluding carboxylic acids is 2. The highest BCUT2D eigenvalue weighted by molar-refractivity contribution is 7.92. The third-order valence-electron chi connectivity index (χ3n) is 4.52. The molecule has 2 aromatic carbocycles. The van der Waals surface area contributed by atoms with E-state index in [4.69, 9.17) is 17.3 Å². The first kappa shape index (κ1) is 21.7. The number of nitrogens with one attached hydrogen (secondary N) is 3. The minimum absolute atomic E-state index is 0.0152. The van der Waals surface area contributed by atoms with Gasteiger partial charge in [0.05, 0.1) is 22.8 Å². The summed E-state index contributed by atoms with van der Waals surface area (Å²) < 4.78 is 28.1. The van der Waals surface area contributed by atoms with Crippen LogP contribution in [0.4, 0.5) is 21.9 Å². The second-order valence-corrected chi connectivity index (χ2v) is 8.87. The number of hydrogen-bond donors (Lipinski definition) is 4. The van der Waals surface area contributed by atoms with Crippen LogP contribution in [0.5, 0.6) is 0 Å². The predicted octanol–water partition coefficient (Wildman–Crippen LogP) is 2.35. The first-order valence-corrected chi connectivity index (χ1v) is 11.1. The van der Waals surface area contributed by atoms with Gasteiger partial charge >= 0.3 is 6.03 Å². The molecule has 0 aromatic heterocycles. The molecule has 0 unspecified atom stereocenters. The first-order valence-electron chi connectivity index (χ1n) is 9.25. The van der Waals surface area contributed by atoms with Crippen molar-refractivity contribution < 1.29 is 18.0 Å². The van der Waals surface area contributed by atoms with E-state index < -0.39 is 22.0 Å². The molecule has 30 heavy (non-hydrogen) atoms. The number of rotatable bonds is 7. The molecule has 1 aliphatic heterocycles. The molecule has 9 nitrogen and oxygen atoms in total. The average molecular weight is 452 g/mol. The standard InChI is InChI=1S/C19H22ClN5O4S/c20-13-3-5-14(6-4-13)24-30(28,29)15-7-8-17(25-9-1-2-10-25)16(11-15)23-18(26)12-22-19(21)27/h3-8,11,24H,1-2,9-10,12H2,(H,23,26)(H3,21,22,27). The number of sulfonamides is 1. The van der Waals surface area contributed by atoms with E-state index in [2.05, 4.69) is 20.3 Å². The van der Waals surface area contributed by atoms with Crippen molar-refractivity contribution in [3.05, 3.63) is 47.5 Å². The van der Waals surface area contributed by atoms with Crippen molar-refractivity contribution in [1.82, 2.24) is 5.32 Å². The molecule has 3 rings (SSSR count). The summed E-state index contributed by atoms with van der Waals surface area (Å²) in [6, 6.07) is 9.98. The van der Waals surface area contributed by atoms with Gasteiger partial charge in [0.2, 0.25) is 5.91 Å². The smallest absolute Gasteiger partial charge is 0.312 e. The summed E-state index contributed by atoms with van der Waals surface area (Å²) >= 11 is 5.84. The molecule has 0 saturated carbocycles. The van der Waals surface area contributed by atoms with E-state index >= 15 is 0 Å². The topological polar surface area (TPSA) is 134 Å². The number of benzene rings is 2. The summed E-state index contributed by atoms with van der Waals surface area (Å²) in [5.74, 6) is -0.519. The van der Waals surface area contributed by atoms with Crippen molar-refractivity contribution in [2.45, 2.75) is 17.7 Å². The molecule has 0 spiro atoms. The molecule has 3 amide bonds. The van der Waals surface area contributed by atoms with Gasteiger partial charge < -0.3 is 21.3 Å². The molecule has 0 radical (unpaired) electrons. The van der Waals surface area contributed by atoms with Crippen LogP contribution in [0, 0.1) is 0 Å². The molecule has 11 heteroatoms. The van der Waals surface area contributed by atoms with E-state index in [0.717, 1.165) is 25.9 Å². The van der Waals surface area contributed by atoms with Crippen molar-refractivity contribution in [1.29, 1.82) is 0 Å². The van der Waals surface area contributed by atoms with Gasteiger partial charge in [-0.25, -0.2) is 13.2 Å². The zero-order valence-electron chi connectivity index (χ0n) is 16.0. The van der Waals surface area contributed by atoms with Crippen LogP contribution < -0.4 is 26.0 Å². The third-order valence-corrected chi connectivity index (χ3v) is 6.15. The number of halogens is 1. The molecular formula is C19H22ClN5O4S. The molecule has 1 fully saturated rings. The lowest BCUT2D eigenvalue weighted by Gasteiger charge is -2.22. The molecular weight excluding hydrogens is 430 g/mol. The Morgan fingerprint density at radius 2 is 1.73 bits per heavy atom. The van der Waals surface area contributed by atoms with Crippen molar-refractivity contribution in [3.8, 4) is 0 Å². The largest absolute Gasteiger partial charge is 0.370 e. The highest BCUT2D eigenvalue weighted by Crippen LogP contribution is 2.32. The fourth-order valence-corrected chi connectivity index (χ4v) is 4.32. The average Bonchev–Trinajstić information content (AvgIpc) is 3.22. The SMILES string of the molecule is NC(=O)NCC(=O)Nc1cc(S(=O)(=O)Nc2ccc(Cl)cc2)ccc1N1CCCC1. The van der Waals surface area contributed by atoms with E-state index in [1.807, 2.05) is 0 Å². The van der Waals surface area contributed by atoms with Gasteiger partial charge in [-0.1, -0.05) is 11.6 Å². The van der Waals surface area contributed by atoms with Crippen LogP contribution in [-0.4, -0.2) is 40.0 Å². The van der Waals surface area contributed by atoms with Crippen molar-refractivity contribution >= 4 is 50.6 Å². The minimum Gasteiger partial charge on any atom is -0.370 e. The quantitative estimate of drug-likeness (QED) is 0.512. The van der Waals surface area contributed by atoms with Crippen LogP contribution >= 0.6 is 11.6 Å². The van der Waals surface area contributed by atoms with Gasteiger partial charge in [-0.05, 0) is 55.3 Å². The number of amides is 3. The number of nitrogens with two attached hydrogens (primary N) is 1. The number of carbonyl (C=O) groups is 2. The Hall–Kier alpha value is -2.98. The van der Waals surface area contributed by atoms with Crippen LogP contribution in [0.2, 0.25) is 5.02 Å². The van der Waals surface area contributed by atoms with Gasteiger partial charge in [-0.3, -0.25) is 9.52 Å². The number of anilines is 3. The fourth-order valence-electron chi connectivity index (χ4n) is 3.11. The van der Waals surface area contributed by atoms with Gasteiger partial charge in [0, 0.05) is 23.8 Å². The van der Waals surface area contributed by atoms with Crippen LogP contribution in [-0.2, 0) is 14.8 Å². The Balaban J connectivity index is 1.88. The summed E-state index contributed by atoms with van der Waals surface area (Å²) in [5, 5.41) is 5.36. The lowest BCUT2D eigenvalue weighted by atomic mass is 10.2. The van der Waals surface area contributed by atoms with E-state index in [-0.39, 0.29) is 11.4 Å². The molecule has 1 heterocycles. The number of primary amides is 1. The Labute approximate surface area is 179 Å². The minimum atomic E-state index is -3.90. The monoisotopic (exact) mass is 451 g/mol. The normalized spacial score (nSPS) is 13.7. The molecule has 2 aromatic rings. The number of urea groups is 1. The summed E-state index contributed by atoms with van der Waals surface area (Å²) in [7, 11) is -3.90. The van der Waals surface area contributed by atoms with Crippen LogP contribution in [0.25, 0.3) is 0 Å². The van der Waals surface area contributed by atoms with E-state index in [9.17, 15) is 18.0 Å². The molecule has 1 aliphatic rings. The molecule has 5 N–H and O–H groups in total. The summed E-state index contributed by atoms with van der Waals surface area (Å²) in [5.41, 5.74) is 6.41. The van der Waals surface area contributed by atoms with Crippen molar-refractivity contribution in [2.75, 3.05) is 34.6 Å². The second-order valence-electron chi connectivity index (χ2n) is 6.75. The molecule has 0 atom stereocenters. The van der Waals surface area contributed by atoms with E-state index in [1.165, 1.54) is 12.1 Å². The maximum atomic E-state index is 12.8. The van der Waals surface area contributed by atoms with Gasteiger partial charge in [-0.15, -0.1) is 0 Å². The van der Waals surface area contributed by atoms with Gasteiger partial charge in [0.1, 0.15) is 0 Å². The van der Waals surface area contributed by atoms with Crippen LogP contribution in [0.1, 0.15) is 12.8 Å². The zero-order valence-corrected chi connectivity index (χ0v) is 17.6. The van der Waals surface area contributed by atoms with Crippen molar-refractivity contribution in [2.24, 2.45) is 5.73 Å². The molecule has 1 saturated heterocycles. The summed E-state index contributed by atoms with van der Waals surface area (Å²) in [6.07, 6.45) is 2.02. The van der Waals surface area contributed by atoms with Gasteiger partial charge in [0.15, 0.2) is 0 Å². The summed E-state index contributed by atoms with van der Waals surface area (Å²) in [6.45, 7) is 1.28. The zero-order chi connectivity index (χ0) is 21.7. The Morgan fingerprint density at radius 3 is 2.37 bits per heavy atom. The van der Waals surface area contributed by atoms with Crippen LogP contribution in [0.15, 0.2) is 47.4 Å². The number of hydrogen-bond acceptors (Lipinski definition) is 5.